The number of hydrogen-bond donors (Lipinski definition) is 0. The lowest BCUT2D eigenvalue weighted by molar-refractivity contribution is -0.166. The van der Waals surface area contributed by atoms with Gasteiger partial charge in [0.25, 0.3) is 0 Å². The predicted molar refractivity (Wildman–Crippen MR) is 343 cm³/mol. The zero-order valence-corrected chi connectivity index (χ0v) is 50.3. The molecule has 0 aromatic heterocycles. The van der Waals surface area contributed by atoms with Crippen molar-refractivity contribution in [2.75, 3.05) is 13.2 Å². The van der Waals surface area contributed by atoms with E-state index in [1.54, 1.807) is 0 Å². The van der Waals surface area contributed by atoms with Crippen LogP contribution in [0.4, 0.5) is 0 Å². The van der Waals surface area contributed by atoms with Crippen molar-refractivity contribution >= 4 is 17.9 Å². The van der Waals surface area contributed by atoms with Crippen LogP contribution in [0.1, 0.15) is 239 Å². The number of esters is 3. The highest BCUT2D eigenvalue weighted by molar-refractivity contribution is 5.71. The maximum atomic E-state index is 12.9. The number of carbonyl (C=O) groups is 3. The summed E-state index contributed by atoms with van der Waals surface area (Å²) in [6.45, 7) is 6.28. The van der Waals surface area contributed by atoms with Gasteiger partial charge in [0.05, 0.1) is 0 Å². The summed E-state index contributed by atoms with van der Waals surface area (Å²) in [4.78, 5) is 38.1. The number of carbonyl (C=O) groups excluding carboxylic acids is 3. The van der Waals surface area contributed by atoms with E-state index in [1.165, 1.54) is 51.4 Å². The van der Waals surface area contributed by atoms with E-state index in [4.69, 9.17) is 14.2 Å². The van der Waals surface area contributed by atoms with Gasteiger partial charge in [0.1, 0.15) is 13.2 Å². The summed E-state index contributed by atoms with van der Waals surface area (Å²) in [5, 5.41) is 0. The van der Waals surface area contributed by atoms with Gasteiger partial charge in [0.15, 0.2) is 6.10 Å². The summed E-state index contributed by atoms with van der Waals surface area (Å²) in [5.41, 5.74) is 0. The normalized spacial score (nSPS) is 13.4. The van der Waals surface area contributed by atoms with Crippen LogP contribution in [0, 0.1) is 0 Å². The van der Waals surface area contributed by atoms with Crippen molar-refractivity contribution in [3.8, 4) is 0 Å². The van der Waals surface area contributed by atoms with Gasteiger partial charge in [-0.1, -0.05) is 254 Å². The van der Waals surface area contributed by atoms with Gasteiger partial charge >= 0.3 is 17.9 Å². The van der Waals surface area contributed by atoms with Crippen LogP contribution in [-0.2, 0) is 28.6 Å². The second-order valence-corrected chi connectivity index (χ2v) is 19.8. The molecule has 79 heavy (non-hydrogen) atoms. The van der Waals surface area contributed by atoms with Crippen LogP contribution in [0.2, 0.25) is 0 Å². The molecule has 0 aliphatic heterocycles. The summed E-state index contributed by atoms with van der Waals surface area (Å²) in [6, 6.07) is 0. The molecule has 0 aliphatic rings. The minimum atomic E-state index is -0.839. The molecule has 1 atom stereocenters. The van der Waals surface area contributed by atoms with Gasteiger partial charge in [-0.25, -0.2) is 0 Å². The molecule has 6 nitrogen and oxygen atoms in total. The number of rotatable bonds is 54. The number of allylic oxidation sites excluding steroid dienone is 30. The van der Waals surface area contributed by atoms with Crippen molar-refractivity contribution < 1.29 is 28.6 Å². The molecule has 0 aromatic rings. The monoisotopic (exact) mass is 1080 g/mol. The zero-order chi connectivity index (χ0) is 57.1. The number of ether oxygens (including phenoxy) is 3. The van der Waals surface area contributed by atoms with E-state index in [2.05, 4.69) is 191 Å². The first kappa shape index (κ1) is 73.5. The molecule has 0 N–H and O–H groups in total. The van der Waals surface area contributed by atoms with Crippen molar-refractivity contribution in [2.45, 2.75) is 245 Å². The van der Waals surface area contributed by atoms with E-state index in [0.717, 1.165) is 135 Å². The Bertz CT molecular complexity index is 1870. The topological polar surface area (TPSA) is 78.9 Å². The van der Waals surface area contributed by atoms with Crippen molar-refractivity contribution in [2.24, 2.45) is 0 Å². The Labute approximate surface area is 484 Å². The van der Waals surface area contributed by atoms with E-state index in [9.17, 15) is 14.4 Å². The van der Waals surface area contributed by atoms with Crippen LogP contribution in [0.15, 0.2) is 182 Å². The number of unbranched alkanes of at least 4 members (excludes halogenated alkanes) is 13. The average Bonchev–Trinajstić information content (AvgIpc) is 3.45. The highest BCUT2D eigenvalue weighted by Crippen LogP contribution is 2.12. The second kappa shape index (κ2) is 65.0. The minimum Gasteiger partial charge on any atom is -0.462 e. The molecule has 0 saturated heterocycles. The van der Waals surface area contributed by atoms with Crippen LogP contribution < -0.4 is 0 Å². The highest BCUT2D eigenvalue weighted by atomic mass is 16.6. The summed E-state index contributed by atoms with van der Waals surface area (Å²) in [7, 11) is 0. The fourth-order valence-electron chi connectivity index (χ4n) is 7.77. The molecule has 0 rings (SSSR count). The molecule has 0 radical (unpaired) electrons. The molecular formula is C73H112O6. The first-order valence-electron chi connectivity index (χ1n) is 31.3. The fraction of sp³-hybridized carbons (Fsp3) is 0.548. The van der Waals surface area contributed by atoms with Crippen LogP contribution >= 0.6 is 0 Å². The third kappa shape index (κ3) is 63.2. The van der Waals surface area contributed by atoms with E-state index < -0.39 is 6.10 Å². The molecule has 1 unspecified atom stereocenters. The van der Waals surface area contributed by atoms with Gasteiger partial charge in [-0.3, -0.25) is 14.4 Å². The quantitative estimate of drug-likeness (QED) is 0.0261. The van der Waals surface area contributed by atoms with Crippen LogP contribution in [0.3, 0.4) is 0 Å². The molecule has 0 aromatic carbocycles. The van der Waals surface area contributed by atoms with Gasteiger partial charge in [-0.05, 0) is 148 Å². The van der Waals surface area contributed by atoms with Crippen LogP contribution in [0.25, 0.3) is 0 Å². The maximum Gasteiger partial charge on any atom is 0.306 e. The van der Waals surface area contributed by atoms with Crippen molar-refractivity contribution in [3.63, 3.8) is 0 Å². The Hall–Kier alpha value is -5.49. The van der Waals surface area contributed by atoms with E-state index in [0.29, 0.717) is 12.8 Å². The molecule has 0 aliphatic carbocycles. The van der Waals surface area contributed by atoms with E-state index in [1.807, 2.05) is 12.2 Å². The van der Waals surface area contributed by atoms with Crippen LogP contribution in [-0.4, -0.2) is 37.2 Å². The van der Waals surface area contributed by atoms with Gasteiger partial charge < -0.3 is 14.2 Å². The first-order valence-corrected chi connectivity index (χ1v) is 31.3. The van der Waals surface area contributed by atoms with Crippen molar-refractivity contribution in [1.29, 1.82) is 0 Å². The van der Waals surface area contributed by atoms with Gasteiger partial charge in [0, 0.05) is 19.3 Å². The summed E-state index contributed by atoms with van der Waals surface area (Å²) in [5.74, 6) is -1.08. The Morgan fingerprint density at radius 1 is 0.266 bits per heavy atom. The Morgan fingerprint density at radius 2 is 0.519 bits per heavy atom. The lowest BCUT2D eigenvalue weighted by atomic mass is 10.1. The summed E-state index contributed by atoms with van der Waals surface area (Å²) >= 11 is 0. The molecule has 0 spiro atoms. The summed E-state index contributed by atoms with van der Waals surface area (Å²) in [6.07, 6.45) is 97.7. The Balaban J connectivity index is 4.44. The van der Waals surface area contributed by atoms with Gasteiger partial charge in [-0.15, -0.1) is 0 Å². The second-order valence-electron chi connectivity index (χ2n) is 19.8. The summed E-state index contributed by atoms with van der Waals surface area (Å²) < 4.78 is 16.7. The minimum absolute atomic E-state index is 0.135. The molecule has 0 fully saturated rings. The predicted octanol–water partition coefficient (Wildman–Crippen LogP) is 21.7. The van der Waals surface area contributed by atoms with Crippen molar-refractivity contribution in [3.05, 3.63) is 182 Å². The smallest absolute Gasteiger partial charge is 0.306 e. The van der Waals surface area contributed by atoms with Crippen molar-refractivity contribution in [1.82, 2.24) is 0 Å². The van der Waals surface area contributed by atoms with Gasteiger partial charge in [-0.2, -0.15) is 0 Å². The van der Waals surface area contributed by atoms with E-state index >= 15 is 0 Å². The third-order valence-electron chi connectivity index (χ3n) is 12.4. The molecule has 6 heteroatoms. The fourth-order valence-corrected chi connectivity index (χ4v) is 7.77. The molecule has 0 bridgehead atoms. The number of hydrogen-bond acceptors (Lipinski definition) is 6. The third-order valence-corrected chi connectivity index (χ3v) is 12.4. The standard InChI is InChI=1S/C73H112O6/c1-4-7-10-13-16-19-22-25-27-28-29-30-31-32-33-34-35-36-37-38-39-40-41-42-43-44-46-48-51-54-57-60-63-66-72(75)78-69-70(68-77-71(74)65-62-59-56-53-50-47-24-21-18-15-12-9-6-3)79-73(76)67-64-61-58-55-52-49-45-26-23-20-17-14-11-8-5-2/h7,9-10,12,16,18-19,21,25-27,29-30,32-33,35-36,38-39,41-42,44-47,50-51,54,56,59,70H,4-6,8,11,13-15,17,20,22-24,28,31,34,37,40,43,48-49,52-53,55,57-58,60-69H2,1-3H3/b10-7-,12-9-,19-16-,21-18-,27-25-,30-29-,33-32-,36-35-,39-38-,42-41-,45-26-,46-44-,50-47-,54-51-,59-56-. The first-order chi connectivity index (χ1) is 39.0. The zero-order valence-electron chi connectivity index (χ0n) is 50.3. The van der Waals surface area contributed by atoms with Gasteiger partial charge in [0.2, 0.25) is 0 Å². The lowest BCUT2D eigenvalue weighted by Crippen LogP contribution is -2.30. The van der Waals surface area contributed by atoms with E-state index in [-0.39, 0.29) is 50.4 Å². The lowest BCUT2D eigenvalue weighted by Gasteiger charge is -2.18. The SMILES string of the molecule is CC/C=C\C/C=C\C/C=C\C/C=C\C/C=C\C/C=C\C/C=C\C/C=C\C/C=C\C/C=C\CCCCC(=O)OCC(COC(=O)CC/C=C\C/C=C\C/C=C\C/C=C\CC)OC(=O)CCCCCCC/C=C\CCCCCCCC. The largest absolute Gasteiger partial charge is 0.462 e. The molecule has 0 amide bonds. The molecule has 0 saturated carbocycles. The highest BCUT2D eigenvalue weighted by Gasteiger charge is 2.19. The maximum absolute atomic E-state index is 12.9. The Morgan fingerprint density at radius 3 is 0.886 bits per heavy atom. The molecule has 440 valence electrons. The van der Waals surface area contributed by atoms with Crippen LogP contribution in [0.5, 0.6) is 0 Å². The Kier molecular flexibility index (Phi) is 60.5. The molecule has 0 heterocycles. The molecular weight excluding hydrogens is 973 g/mol. The average molecular weight is 1090 g/mol.